The molecule has 0 saturated carbocycles. The zero-order valence-corrected chi connectivity index (χ0v) is 14.4. The van der Waals surface area contributed by atoms with E-state index in [0.29, 0.717) is 6.04 Å². The molecule has 2 fully saturated rings. The Morgan fingerprint density at radius 1 is 1.16 bits per heavy atom. The normalized spacial score (nSPS) is 20.4. The Morgan fingerprint density at radius 2 is 1.76 bits per heavy atom. The molecule has 2 saturated heterocycles. The molecule has 1 aromatic rings. The van der Waals surface area contributed by atoms with Crippen molar-refractivity contribution in [3.05, 3.63) is 29.3 Å². The molecule has 2 aliphatic heterocycles. The van der Waals surface area contributed by atoms with Gasteiger partial charge in [0.25, 0.3) is 5.91 Å². The van der Waals surface area contributed by atoms with Gasteiger partial charge in [0.2, 0.25) is 0 Å². The first-order valence-corrected chi connectivity index (χ1v) is 8.74. The number of piperidine rings is 1. The first kappa shape index (κ1) is 18.1. The van der Waals surface area contributed by atoms with Crippen molar-refractivity contribution in [3.8, 4) is 5.75 Å². The summed E-state index contributed by atoms with van der Waals surface area (Å²) >= 11 is 0. The standard InChI is InChI=1S/C18H24F2N2O3/c1-24-14-10-15(19)17(16(20)11-14)18(23)21-12-2-6-22(7-3-12)13-4-8-25-9-5-13/h10-13H,2-9H2,1H3,(H,21,23). The Kier molecular flexibility index (Phi) is 5.86. The minimum Gasteiger partial charge on any atom is -0.497 e. The second-order valence-corrected chi connectivity index (χ2v) is 6.59. The van der Waals surface area contributed by atoms with Crippen LogP contribution in [0.25, 0.3) is 0 Å². The molecule has 138 valence electrons. The van der Waals surface area contributed by atoms with E-state index in [0.717, 1.165) is 64.1 Å². The Balaban J connectivity index is 1.56. The van der Waals surface area contributed by atoms with Crippen LogP contribution in [0.15, 0.2) is 12.1 Å². The number of hydrogen-bond acceptors (Lipinski definition) is 4. The first-order valence-electron chi connectivity index (χ1n) is 8.74. The van der Waals surface area contributed by atoms with Gasteiger partial charge >= 0.3 is 0 Å². The number of amides is 1. The maximum absolute atomic E-state index is 14.0. The lowest BCUT2D eigenvalue weighted by atomic mass is 9.99. The Labute approximate surface area is 146 Å². The fourth-order valence-electron chi connectivity index (χ4n) is 3.60. The third kappa shape index (κ3) is 4.27. The summed E-state index contributed by atoms with van der Waals surface area (Å²) in [6.45, 7) is 3.36. The molecule has 5 nitrogen and oxygen atoms in total. The van der Waals surface area contributed by atoms with Gasteiger partial charge in [0.15, 0.2) is 0 Å². The predicted octanol–water partition coefficient (Wildman–Crippen LogP) is 2.35. The van der Waals surface area contributed by atoms with Gasteiger partial charge in [-0.2, -0.15) is 0 Å². The Morgan fingerprint density at radius 3 is 2.32 bits per heavy atom. The van der Waals surface area contributed by atoms with Gasteiger partial charge in [0.05, 0.1) is 7.11 Å². The molecule has 2 aliphatic rings. The molecule has 3 rings (SSSR count). The summed E-state index contributed by atoms with van der Waals surface area (Å²) in [5, 5.41) is 2.77. The minimum absolute atomic E-state index is 0.0521. The van der Waals surface area contributed by atoms with E-state index < -0.39 is 23.1 Å². The van der Waals surface area contributed by atoms with Crippen LogP contribution in [0.3, 0.4) is 0 Å². The summed E-state index contributed by atoms with van der Waals surface area (Å²) in [6.07, 6.45) is 3.64. The van der Waals surface area contributed by atoms with Gasteiger partial charge in [-0.1, -0.05) is 0 Å². The van der Waals surface area contributed by atoms with Crippen molar-refractivity contribution in [2.24, 2.45) is 0 Å². The number of methoxy groups -OCH3 is 1. The number of hydrogen-bond donors (Lipinski definition) is 1. The van der Waals surface area contributed by atoms with Gasteiger partial charge in [-0.25, -0.2) is 8.78 Å². The molecule has 2 heterocycles. The molecule has 1 aromatic carbocycles. The van der Waals surface area contributed by atoms with Crippen LogP contribution in [0.2, 0.25) is 0 Å². The second kappa shape index (κ2) is 8.10. The topological polar surface area (TPSA) is 50.8 Å². The van der Waals surface area contributed by atoms with Crippen LogP contribution in [-0.4, -0.2) is 56.3 Å². The van der Waals surface area contributed by atoms with Gasteiger partial charge in [-0.05, 0) is 25.7 Å². The average Bonchev–Trinajstić information content (AvgIpc) is 2.62. The molecule has 0 bridgehead atoms. The van der Waals surface area contributed by atoms with Crippen LogP contribution in [0, 0.1) is 11.6 Å². The van der Waals surface area contributed by atoms with Crippen molar-refractivity contribution in [1.82, 2.24) is 10.2 Å². The van der Waals surface area contributed by atoms with Crippen molar-refractivity contribution in [2.45, 2.75) is 37.8 Å². The van der Waals surface area contributed by atoms with E-state index in [1.165, 1.54) is 7.11 Å². The quantitative estimate of drug-likeness (QED) is 0.902. The molecule has 0 unspecified atom stereocenters. The van der Waals surface area contributed by atoms with Gasteiger partial charge in [-0.3, -0.25) is 4.79 Å². The third-order valence-electron chi connectivity index (χ3n) is 5.05. The smallest absolute Gasteiger partial charge is 0.257 e. The molecule has 25 heavy (non-hydrogen) atoms. The number of nitrogens with one attached hydrogen (secondary N) is 1. The van der Waals surface area contributed by atoms with E-state index in [1.807, 2.05) is 0 Å². The highest BCUT2D eigenvalue weighted by Crippen LogP contribution is 2.22. The number of carbonyl (C=O) groups excluding carboxylic acids is 1. The van der Waals surface area contributed by atoms with Gasteiger partial charge in [0, 0.05) is 50.5 Å². The lowest BCUT2D eigenvalue weighted by Crippen LogP contribution is -2.49. The Hall–Kier alpha value is -1.73. The monoisotopic (exact) mass is 354 g/mol. The van der Waals surface area contributed by atoms with Crippen molar-refractivity contribution in [3.63, 3.8) is 0 Å². The molecule has 1 amide bonds. The number of ether oxygens (including phenoxy) is 2. The fourth-order valence-corrected chi connectivity index (χ4v) is 3.60. The van der Waals surface area contributed by atoms with E-state index in [-0.39, 0.29) is 11.8 Å². The summed E-state index contributed by atoms with van der Waals surface area (Å²) in [6, 6.07) is 2.52. The summed E-state index contributed by atoms with van der Waals surface area (Å²) in [5.74, 6) is -2.47. The van der Waals surface area contributed by atoms with Crippen LogP contribution in [0.1, 0.15) is 36.0 Å². The number of likely N-dealkylation sites (tertiary alicyclic amines) is 1. The molecule has 0 aromatic heterocycles. The summed E-state index contributed by atoms with van der Waals surface area (Å²) in [4.78, 5) is 14.7. The average molecular weight is 354 g/mol. The largest absolute Gasteiger partial charge is 0.497 e. The zero-order chi connectivity index (χ0) is 17.8. The molecule has 0 atom stereocenters. The zero-order valence-electron chi connectivity index (χ0n) is 14.4. The van der Waals surface area contributed by atoms with Gasteiger partial charge in [0.1, 0.15) is 22.9 Å². The highest BCUT2D eigenvalue weighted by Gasteiger charge is 2.28. The lowest BCUT2D eigenvalue weighted by molar-refractivity contribution is 0.0238. The van der Waals surface area contributed by atoms with Crippen LogP contribution < -0.4 is 10.1 Å². The summed E-state index contributed by atoms with van der Waals surface area (Å²) < 4.78 is 38.2. The third-order valence-corrected chi connectivity index (χ3v) is 5.05. The second-order valence-electron chi connectivity index (χ2n) is 6.59. The lowest BCUT2D eigenvalue weighted by Gasteiger charge is -2.39. The van der Waals surface area contributed by atoms with E-state index in [1.54, 1.807) is 0 Å². The molecule has 7 heteroatoms. The maximum atomic E-state index is 14.0. The Bertz CT molecular complexity index is 589. The van der Waals surface area contributed by atoms with Crippen molar-refractivity contribution < 1.29 is 23.0 Å². The van der Waals surface area contributed by atoms with Crippen LogP contribution >= 0.6 is 0 Å². The molecule has 0 radical (unpaired) electrons. The molecular weight excluding hydrogens is 330 g/mol. The number of benzene rings is 1. The molecule has 0 spiro atoms. The number of rotatable bonds is 4. The summed E-state index contributed by atoms with van der Waals surface area (Å²) in [7, 11) is 1.32. The van der Waals surface area contributed by atoms with E-state index in [4.69, 9.17) is 9.47 Å². The number of carbonyl (C=O) groups is 1. The number of halogens is 2. The fraction of sp³-hybridized carbons (Fsp3) is 0.611. The minimum atomic E-state index is -0.908. The highest BCUT2D eigenvalue weighted by atomic mass is 19.1. The van der Waals surface area contributed by atoms with E-state index >= 15 is 0 Å². The van der Waals surface area contributed by atoms with Crippen LogP contribution in [0.5, 0.6) is 5.75 Å². The first-order chi connectivity index (χ1) is 12.1. The number of nitrogens with zero attached hydrogens (tertiary/aromatic N) is 1. The molecule has 0 aliphatic carbocycles. The predicted molar refractivity (Wildman–Crippen MR) is 88.8 cm³/mol. The van der Waals surface area contributed by atoms with Crippen molar-refractivity contribution in [1.29, 1.82) is 0 Å². The summed E-state index contributed by atoms with van der Waals surface area (Å²) in [5.41, 5.74) is -0.548. The van der Waals surface area contributed by atoms with E-state index in [9.17, 15) is 13.6 Å². The molecular formula is C18H24F2N2O3. The van der Waals surface area contributed by atoms with Crippen molar-refractivity contribution in [2.75, 3.05) is 33.4 Å². The van der Waals surface area contributed by atoms with E-state index in [2.05, 4.69) is 10.2 Å². The van der Waals surface area contributed by atoms with Gasteiger partial charge < -0.3 is 19.7 Å². The van der Waals surface area contributed by atoms with Crippen LogP contribution in [0.4, 0.5) is 8.78 Å². The van der Waals surface area contributed by atoms with Gasteiger partial charge in [-0.15, -0.1) is 0 Å². The highest BCUT2D eigenvalue weighted by molar-refractivity contribution is 5.95. The maximum Gasteiger partial charge on any atom is 0.257 e. The van der Waals surface area contributed by atoms with Crippen molar-refractivity contribution >= 4 is 5.91 Å². The SMILES string of the molecule is COc1cc(F)c(C(=O)NC2CCN(C3CCOCC3)CC2)c(F)c1. The molecule has 1 N–H and O–H groups in total. The van der Waals surface area contributed by atoms with Crippen LogP contribution in [-0.2, 0) is 4.74 Å².